The predicted octanol–water partition coefficient (Wildman–Crippen LogP) is -0.447. The zero-order valence-corrected chi connectivity index (χ0v) is 9.07. The Morgan fingerprint density at radius 1 is 1.47 bits per heavy atom. The second-order valence-corrected chi connectivity index (χ2v) is 3.80. The lowest BCUT2D eigenvalue weighted by molar-refractivity contribution is 0.0611. The fourth-order valence-electron chi connectivity index (χ4n) is 1.61. The minimum Gasteiger partial charge on any atom is -0.381 e. The fraction of sp³-hybridized carbons (Fsp3) is 0.778. The molecular weight excluding hydrogens is 194 g/mol. The van der Waals surface area contributed by atoms with Gasteiger partial charge < -0.3 is 21.1 Å². The van der Waals surface area contributed by atoms with Crippen LogP contribution < -0.4 is 11.5 Å². The monoisotopic (exact) mass is 213 g/mol. The van der Waals surface area contributed by atoms with Crippen molar-refractivity contribution in [3.63, 3.8) is 0 Å². The second-order valence-electron chi connectivity index (χ2n) is 3.80. The minimum absolute atomic E-state index is 0.0705. The minimum atomic E-state index is -0.0705. The van der Waals surface area contributed by atoms with Gasteiger partial charge in [0.2, 0.25) is 5.96 Å². The van der Waals surface area contributed by atoms with Gasteiger partial charge in [0, 0.05) is 26.8 Å². The van der Waals surface area contributed by atoms with Crippen molar-refractivity contribution in [2.24, 2.45) is 22.4 Å². The van der Waals surface area contributed by atoms with Crippen molar-refractivity contribution in [3.05, 3.63) is 0 Å². The van der Waals surface area contributed by atoms with Crippen LogP contribution in [0.3, 0.4) is 0 Å². The van der Waals surface area contributed by atoms with Crippen molar-refractivity contribution in [2.75, 3.05) is 26.8 Å². The van der Waals surface area contributed by atoms with Crippen LogP contribution in [-0.2, 0) is 4.74 Å². The van der Waals surface area contributed by atoms with Gasteiger partial charge in [0.1, 0.15) is 0 Å². The Labute approximate surface area is 89.8 Å². The van der Waals surface area contributed by atoms with Gasteiger partial charge in [0.05, 0.1) is 0 Å². The highest BCUT2D eigenvalue weighted by Crippen LogP contribution is 2.15. The molecule has 0 aromatic carbocycles. The Morgan fingerprint density at radius 3 is 2.60 bits per heavy atom. The third kappa shape index (κ3) is 4.16. The highest BCUT2D eigenvalue weighted by atomic mass is 16.5. The van der Waals surface area contributed by atoms with Crippen molar-refractivity contribution in [1.29, 1.82) is 5.41 Å². The number of aliphatic imine (C=N–C) groups is 1. The summed E-state index contributed by atoms with van der Waals surface area (Å²) < 4.78 is 5.27. The number of hydrogen-bond acceptors (Lipinski definition) is 2. The number of nitrogens with zero attached hydrogens (tertiary/aromatic N) is 2. The second kappa shape index (κ2) is 5.55. The summed E-state index contributed by atoms with van der Waals surface area (Å²) in [6, 6.07) is 0. The smallest absolute Gasteiger partial charge is 0.220 e. The van der Waals surface area contributed by atoms with Crippen LogP contribution in [-0.4, -0.2) is 43.6 Å². The molecule has 1 heterocycles. The molecule has 15 heavy (non-hydrogen) atoms. The fourth-order valence-corrected chi connectivity index (χ4v) is 1.61. The van der Waals surface area contributed by atoms with E-state index in [0.29, 0.717) is 5.92 Å². The van der Waals surface area contributed by atoms with Crippen LogP contribution in [0.15, 0.2) is 4.99 Å². The summed E-state index contributed by atoms with van der Waals surface area (Å²) >= 11 is 0. The van der Waals surface area contributed by atoms with Gasteiger partial charge in [-0.2, -0.15) is 4.99 Å². The van der Waals surface area contributed by atoms with Crippen molar-refractivity contribution in [1.82, 2.24) is 4.90 Å². The molecule has 1 fully saturated rings. The number of nitrogens with two attached hydrogens (primary N) is 2. The van der Waals surface area contributed by atoms with Gasteiger partial charge in [0.15, 0.2) is 5.96 Å². The molecule has 6 heteroatoms. The first-order chi connectivity index (χ1) is 7.09. The Hall–Kier alpha value is -1.30. The van der Waals surface area contributed by atoms with Crippen LogP contribution in [0.5, 0.6) is 0 Å². The van der Waals surface area contributed by atoms with Crippen LogP contribution in [0.25, 0.3) is 0 Å². The number of hydrogen-bond donors (Lipinski definition) is 3. The molecule has 0 radical (unpaired) electrons. The first kappa shape index (κ1) is 11.8. The lowest BCUT2D eigenvalue weighted by Gasteiger charge is -2.27. The van der Waals surface area contributed by atoms with E-state index in [2.05, 4.69) is 4.99 Å². The molecule has 1 saturated heterocycles. The molecule has 86 valence electrons. The van der Waals surface area contributed by atoms with Crippen molar-refractivity contribution in [2.45, 2.75) is 12.8 Å². The van der Waals surface area contributed by atoms with E-state index in [-0.39, 0.29) is 11.9 Å². The molecule has 0 bridgehead atoms. The van der Waals surface area contributed by atoms with Crippen LogP contribution in [0.1, 0.15) is 12.8 Å². The maximum Gasteiger partial charge on any atom is 0.220 e. The molecule has 5 N–H and O–H groups in total. The Bertz CT molecular complexity index is 243. The van der Waals surface area contributed by atoms with Gasteiger partial charge in [-0.1, -0.05) is 0 Å². The Balaban J connectivity index is 2.36. The van der Waals surface area contributed by atoms with E-state index in [0.717, 1.165) is 32.6 Å². The molecule has 1 aliphatic rings. The molecule has 0 aliphatic carbocycles. The molecule has 0 aromatic rings. The number of nitrogens with one attached hydrogen (secondary N) is 1. The molecule has 0 saturated carbocycles. The van der Waals surface area contributed by atoms with Crippen molar-refractivity contribution in [3.8, 4) is 0 Å². The maximum atomic E-state index is 7.59. The summed E-state index contributed by atoms with van der Waals surface area (Å²) in [6.45, 7) is 2.43. The van der Waals surface area contributed by atoms with E-state index in [4.69, 9.17) is 21.6 Å². The number of ether oxygens (including phenoxy) is 1. The van der Waals surface area contributed by atoms with Crippen molar-refractivity contribution < 1.29 is 4.74 Å². The van der Waals surface area contributed by atoms with Gasteiger partial charge >= 0.3 is 0 Å². The molecule has 0 unspecified atom stereocenters. The summed E-state index contributed by atoms with van der Waals surface area (Å²) in [5.74, 6) is 0.610. The number of guanidine groups is 2. The van der Waals surface area contributed by atoms with Crippen LogP contribution in [0.2, 0.25) is 0 Å². The number of rotatable bonds is 2. The quantitative estimate of drug-likeness (QED) is 0.427. The Morgan fingerprint density at radius 2 is 2.07 bits per heavy atom. The average Bonchev–Trinajstić information content (AvgIpc) is 2.18. The first-order valence-corrected chi connectivity index (χ1v) is 5.06. The van der Waals surface area contributed by atoms with Gasteiger partial charge in [-0.05, 0) is 18.8 Å². The predicted molar refractivity (Wildman–Crippen MR) is 59.7 cm³/mol. The molecule has 0 aromatic heterocycles. The van der Waals surface area contributed by atoms with Crippen LogP contribution >= 0.6 is 0 Å². The molecule has 1 rings (SSSR count). The van der Waals surface area contributed by atoms with E-state index >= 15 is 0 Å². The van der Waals surface area contributed by atoms with Gasteiger partial charge in [-0.25, -0.2) is 0 Å². The van der Waals surface area contributed by atoms with Crippen molar-refractivity contribution >= 4 is 11.9 Å². The normalized spacial score (nSPS) is 17.1. The highest BCUT2D eigenvalue weighted by molar-refractivity contribution is 5.91. The van der Waals surface area contributed by atoms with E-state index in [1.807, 2.05) is 7.05 Å². The highest BCUT2D eigenvalue weighted by Gasteiger charge is 2.16. The lowest BCUT2D eigenvalue weighted by Crippen LogP contribution is -2.35. The molecule has 0 amide bonds. The molecule has 0 atom stereocenters. The third-order valence-corrected chi connectivity index (χ3v) is 2.47. The average molecular weight is 213 g/mol. The summed E-state index contributed by atoms with van der Waals surface area (Å²) in [5, 5.41) is 7.59. The summed E-state index contributed by atoms with van der Waals surface area (Å²) in [7, 11) is 1.82. The zero-order chi connectivity index (χ0) is 11.3. The molecular formula is C9H19N5O. The molecule has 6 nitrogen and oxygen atoms in total. The standard InChI is InChI=1S/C9H19N5O/c1-14(9(12)13-8(10)11)6-7-2-4-15-5-3-7/h7H,2-6H2,1H3,(H5,10,11,12,13). The molecule has 0 spiro atoms. The van der Waals surface area contributed by atoms with Gasteiger partial charge in [-0.15, -0.1) is 0 Å². The zero-order valence-electron chi connectivity index (χ0n) is 9.07. The topological polar surface area (TPSA) is 101 Å². The lowest BCUT2D eigenvalue weighted by atomic mass is 10.00. The van der Waals surface area contributed by atoms with Crippen LogP contribution in [0, 0.1) is 11.3 Å². The van der Waals surface area contributed by atoms with E-state index < -0.39 is 0 Å². The van der Waals surface area contributed by atoms with E-state index in [1.54, 1.807) is 4.90 Å². The summed E-state index contributed by atoms with van der Waals surface area (Å²) in [5.41, 5.74) is 10.4. The third-order valence-electron chi connectivity index (χ3n) is 2.47. The SMILES string of the molecule is CN(CC1CCOCC1)C(=N)N=C(N)N. The first-order valence-electron chi connectivity index (χ1n) is 5.06. The summed E-state index contributed by atoms with van der Waals surface area (Å²) in [4.78, 5) is 5.45. The summed E-state index contributed by atoms with van der Waals surface area (Å²) in [6.07, 6.45) is 2.08. The Kier molecular flexibility index (Phi) is 4.36. The largest absolute Gasteiger partial charge is 0.381 e. The van der Waals surface area contributed by atoms with Gasteiger partial charge in [-0.3, -0.25) is 5.41 Å². The molecule has 1 aliphatic heterocycles. The van der Waals surface area contributed by atoms with Crippen LogP contribution in [0.4, 0.5) is 0 Å². The van der Waals surface area contributed by atoms with E-state index in [1.165, 1.54) is 0 Å². The van der Waals surface area contributed by atoms with Gasteiger partial charge in [0.25, 0.3) is 0 Å². The van der Waals surface area contributed by atoms with E-state index in [9.17, 15) is 0 Å². The maximum absolute atomic E-state index is 7.59.